The number of thioether (sulfide) groups is 1. The van der Waals surface area contributed by atoms with Crippen molar-refractivity contribution in [1.82, 2.24) is 9.97 Å². The summed E-state index contributed by atoms with van der Waals surface area (Å²) in [5.41, 5.74) is 1.72. The normalized spacial score (nSPS) is 15.6. The Morgan fingerprint density at radius 3 is 2.89 bits per heavy atom. The fraction of sp³-hybridized carbons (Fsp3) is 0.643. The van der Waals surface area contributed by atoms with Gasteiger partial charge < -0.3 is 0 Å². The maximum Gasteiger partial charge on any atom is 0.166 e. The highest BCUT2D eigenvalue weighted by molar-refractivity contribution is 7.98. The Balaban J connectivity index is 2.06. The van der Waals surface area contributed by atoms with Gasteiger partial charge in [-0.3, -0.25) is 4.79 Å². The maximum absolute atomic E-state index is 11.8. The lowest BCUT2D eigenvalue weighted by Crippen LogP contribution is -2.07. The van der Waals surface area contributed by atoms with Gasteiger partial charge in [-0.05, 0) is 30.9 Å². The molecule has 1 aliphatic rings. The molecule has 18 heavy (non-hydrogen) atoms. The fourth-order valence-corrected chi connectivity index (χ4v) is 2.96. The van der Waals surface area contributed by atoms with Gasteiger partial charge in [0.15, 0.2) is 5.78 Å². The SMILES string of the molecule is CC(C)CSCc1ncc2c(n1)CCCCC2=O. The Morgan fingerprint density at radius 2 is 2.11 bits per heavy atom. The van der Waals surface area contributed by atoms with Gasteiger partial charge in [-0.2, -0.15) is 11.8 Å². The Labute approximate surface area is 113 Å². The summed E-state index contributed by atoms with van der Waals surface area (Å²) >= 11 is 1.86. The number of carbonyl (C=O) groups excluding carboxylic acids is 1. The van der Waals surface area contributed by atoms with E-state index in [1.807, 2.05) is 11.8 Å². The summed E-state index contributed by atoms with van der Waals surface area (Å²) in [4.78, 5) is 20.7. The van der Waals surface area contributed by atoms with Crippen LogP contribution in [0.1, 0.15) is 55.0 Å². The van der Waals surface area contributed by atoms with Gasteiger partial charge in [0, 0.05) is 12.6 Å². The van der Waals surface area contributed by atoms with E-state index < -0.39 is 0 Å². The zero-order chi connectivity index (χ0) is 13.0. The van der Waals surface area contributed by atoms with Crippen molar-refractivity contribution in [1.29, 1.82) is 0 Å². The first-order valence-electron chi connectivity index (χ1n) is 6.62. The van der Waals surface area contributed by atoms with Crippen LogP contribution in [0.3, 0.4) is 0 Å². The van der Waals surface area contributed by atoms with Gasteiger partial charge in [0.2, 0.25) is 0 Å². The van der Waals surface area contributed by atoms with Gasteiger partial charge in [-0.15, -0.1) is 0 Å². The molecule has 1 aromatic rings. The van der Waals surface area contributed by atoms with Gasteiger partial charge in [0.05, 0.1) is 17.0 Å². The second-order valence-corrected chi connectivity index (χ2v) is 6.22. The molecule has 0 fully saturated rings. The summed E-state index contributed by atoms with van der Waals surface area (Å²) in [6, 6.07) is 0. The standard InChI is InChI=1S/C14H20N2OS/c1-10(2)8-18-9-14-15-7-11-12(16-14)5-3-4-6-13(11)17/h7,10H,3-6,8-9H2,1-2H3. The van der Waals surface area contributed by atoms with E-state index in [1.165, 1.54) is 0 Å². The van der Waals surface area contributed by atoms with E-state index in [4.69, 9.17) is 0 Å². The van der Waals surface area contributed by atoms with Gasteiger partial charge in [-0.1, -0.05) is 13.8 Å². The van der Waals surface area contributed by atoms with Crippen LogP contribution >= 0.6 is 11.8 Å². The highest BCUT2D eigenvalue weighted by atomic mass is 32.2. The number of Topliss-reactive ketones (excluding diaryl/α,β-unsaturated/α-hetero) is 1. The van der Waals surface area contributed by atoms with Crippen molar-refractivity contribution in [2.45, 2.75) is 45.3 Å². The van der Waals surface area contributed by atoms with Crippen molar-refractivity contribution in [2.24, 2.45) is 5.92 Å². The number of nitrogens with zero attached hydrogens (tertiary/aromatic N) is 2. The van der Waals surface area contributed by atoms with E-state index in [1.54, 1.807) is 6.20 Å². The first-order valence-corrected chi connectivity index (χ1v) is 7.78. The van der Waals surface area contributed by atoms with Crippen molar-refractivity contribution < 1.29 is 4.79 Å². The molecule has 0 spiro atoms. The summed E-state index contributed by atoms with van der Waals surface area (Å²) in [6.45, 7) is 4.42. The molecule has 0 aliphatic heterocycles. The second-order valence-electron chi connectivity index (χ2n) is 5.19. The number of fused-ring (bicyclic) bond motifs is 1. The van der Waals surface area contributed by atoms with Gasteiger partial charge >= 0.3 is 0 Å². The number of rotatable bonds is 4. The predicted molar refractivity (Wildman–Crippen MR) is 74.9 cm³/mol. The maximum atomic E-state index is 11.8. The molecule has 1 aliphatic carbocycles. The van der Waals surface area contributed by atoms with Crippen LogP contribution in [0.4, 0.5) is 0 Å². The van der Waals surface area contributed by atoms with Gasteiger partial charge in [0.1, 0.15) is 5.82 Å². The molecule has 0 amide bonds. The molecule has 1 aromatic heterocycles. The Hall–Kier alpha value is -0.900. The molecule has 0 N–H and O–H groups in total. The Kier molecular flexibility index (Phi) is 4.75. The molecule has 1 heterocycles. The summed E-state index contributed by atoms with van der Waals surface area (Å²) < 4.78 is 0. The lowest BCUT2D eigenvalue weighted by atomic mass is 10.1. The lowest BCUT2D eigenvalue weighted by molar-refractivity contribution is 0.0981. The molecule has 0 saturated heterocycles. The van der Waals surface area contributed by atoms with Crippen LogP contribution in [0.2, 0.25) is 0 Å². The minimum atomic E-state index is 0.212. The van der Waals surface area contributed by atoms with Crippen molar-refractivity contribution in [3.8, 4) is 0 Å². The van der Waals surface area contributed by atoms with E-state index in [2.05, 4.69) is 23.8 Å². The molecular formula is C14H20N2OS. The molecule has 0 atom stereocenters. The molecule has 4 heteroatoms. The number of ketones is 1. The van der Waals surface area contributed by atoms with E-state index >= 15 is 0 Å². The van der Waals surface area contributed by atoms with Crippen LogP contribution < -0.4 is 0 Å². The molecule has 0 radical (unpaired) electrons. The van der Waals surface area contributed by atoms with Crippen molar-refractivity contribution in [3.63, 3.8) is 0 Å². The third-order valence-corrected chi connectivity index (χ3v) is 4.33. The van der Waals surface area contributed by atoms with Crippen LogP contribution in [0.5, 0.6) is 0 Å². The van der Waals surface area contributed by atoms with Gasteiger partial charge in [0.25, 0.3) is 0 Å². The highest BCUT2D eigenvalue weighted by Crippen LogP contribution is 2.20. The monoisotopic (exact) mass is 264 g/mol. The second kappa shape index (κ2) is 6.32. The van der Waals surface area contributed by atoms with Crippen LogP contribution in [0, 0.1) is 5.92 Å². The molecule has 0 unspecified atom stereocenters. The highest BCUT2D eigenvalue weighted by Gasteiger charge is 2.17. The number of hydrogen-bond donors (Lipinski definition) is 0. The van der Waals surface area contributed by atoms with E-state index in [0.717, 1.165) is 47.8 Å². The smallest absolute Gasteiger partial charge is 0.166 e. The molecular weight excluding hydrogens is 244 g/mol. The minimum absolute atomic E-state index is 0.212. The van der Waals surface area contributed by atoms with Crippen molar-refractivity contribution >= 4 is 17.5 Å². The van der Waals surface area contributed by atoms with Crippen LogP contribution in [-0.2, 0) is 12.2 Å². The van der Waals surface area contributed by atoms with Gasteiger partial charge in [-0.25, -0.2) is 9.97 Å². The summed E-state index contributed by atoms with van der Waals surface area (Å²) in [5, 5.41) is 0. The quantitative estimate of drug-likeness (QED) is 0.783. The zero-order valence-electron chi connectivity index (χ0n) is 11.1. The predicted octanol–water partition coefficient (Wildman–Crippen LogP) is 3.27. The minimum Gasteiger partial charge on any atom is -0.294 e. The fourth-order valence-electron chi connectivity index (χ4n) is 2.05. The number of aryl methyl sites for hydroxylation is 1. The number of aromatic nitrogens is 2. The Morgan fingerprint density at radius 1 is 1.33 bits per heavy atom. The summed E-state index contributed by atoms with van der Waals surface area (Å²) in [7, 11) is 0. The topological polar surface area (TPSA) is 42.9 Å². The molecule has 3 nitrogen and oxygen atoms in total. The third kappa shape index (κ3) is 3.55. The van der Waals surface area contributed by atoms with Crippen LogP contribution in [-0.4, -0.2) is 21.5 Å². The first-order chi connectivity index (χ1) is 8.66. The average molecular weight is 264 g/mol. The molecule has 0 aromatic carbocycles. The number of hydrogen-bond acceptors (Lipinski definition) is 4. The number of carbonyl (C=O) groups is 1. The summed E-state index contributed by atoms with van der Waals surface area (Å²) in [5.74, 6) is 3.74. The average Bonchev–Trinajstić information content (AvgIpc) is 2.51. The van der Waals surface area contributed by atoms with E-state index in [9.17, 15) is 4.79 Å². The molecule has 0 saturated carbocycles. The molecule has 2 rings (SSSR count). The van der Waals surface area contributed by atoms with Crippen LogP contribution in [0.15, 0.2) is 6.20 Å². The van der Waals surface area contributed by atoms with Crippen molar-refractivity contribution in [2.75, 3.05) is 5.75 Å². The molecule has 0 bridgehead atoms. The van der Waals surface area contributed by atoms with Crippen molar-refractivity contribution in [3.05, 3.63) is 23.3 Å². The lowest BCUT2D eigenvalue weighted by Gasteiger charge is -2.07. The molecule has 98 valence electrons. The van der Waals surface area contributed by atoms with Crippen LogP contribution in [0.25, 0.3) is 0 Å². The Bertz CT molecular complexity index is 432. The summed E-state index contributed by atoms with van der Waals surface area (Å²) in [6.07, 6.45) is 5.35. The first kappa shape index (κ1) is 13.5. The third-order valence-electron chi connectivity index (χ3n) is 2.97. The zero-order valence-corrected chi connectivity index (χ0v) is 11.9. The van der Waals surface area contributed by atoms with E-state index in [-0.39, 0.29) is 5.78 Å². The van der Waals surface area contributed by atoms with E-state index in [0.29, 0.717) is 12.3 Å². The largest absolute Gasteiger partial charge is 0.294 e.